The quantitative estimate of drug-likeness (QED) is 0.160. The first-order chi connectivity index (χ1) is 29.1. The molecule has 0 unspecified atom stereocenters. The van der Waals surface area contributed by atoms with E-state index in [1.165, 1.54) is 6.07 Å². The van der Waals surface area contributed by atoms with E-state index in [9.17, 15) is 18.4 Å². The van der Waals surface area contributed by atoms with Crippen LogP contribution >= 0.6 is 0 Å². The maximum atomic E-state index is 14.2. The molecule has 4 nitrogen and oxygen atoms in total. The van der Waals surface area contributed by atoms with Crippen LogP contribution in [0.1, 0.15) is 22.3 Å². The Hall–Kier alpha value is -7.87. The largest absolute Gasteiger partial charge is 0.415 e. The molecule has 0 bridgehead atoms. The Kier molecular flexibility index (Phi) is 8.45. The summed E-state index contributed by atoms with van der Waals surface area (Å²) in [4.78, 5) is 3.73. The predicted molar refractivity (Wildman–Crippen MR) is 237 cm³/mol. The van der Waals surface area contributed by atoms with Crippen LogP contribution in [0.3, 0.4) is 0 Å². The van der Waals surface area contributed by atoms with Gasteiger partial charge in [0.1, 0.15) is 0 Å². The highest BCUT2D eigenvalue weighted by atomic mass is 19.4. The summed E-state index contributed by atoms with van der Waals surface area (Å²) in [7, 11) is 0. The van der Waals surface area contributed by atoms with Crippen molar-refractivity contribution in [3.8, 4) is 50.8 Å². The Balaban J connectivity index is 1.34. The lowest BCUT2D eigenvalue weighted by Gasteiger charge is -2.22. The molecule has 2 heterocycles. The second kappa shape index (κ2) is 13.9. The Morgan fingerprint density at radius 3 is 1.47 bits per heavy atom. The summed E-state index contributed by atoms with van der Waals surface area (Å²) in [6.07, 6.45) is -4.65. The summed E-state index contributed by atoms with van der Waals surface area (Å²) >= 11 is 0. The number of benzene rings is 8. The summed E-state index contributed by atoms with van der Waals surface area (Å²) in [5.41, 5.74) is 11.1. The normalized spacial score (nSPS) is 11.7. The number of para-hydroxylation sites is 2. The second-order valence-corrected chi connectivity index (χ2v) is 15.3. The Morgan fingerprint density at radius 2 is 1.00 bits per heavy atom. The molecule has 0 spiro atoms. The van der Waals surface area contributed by atoms with E-state index in [1.807, 2.05) is 48.5 Å². The van der Waals surface area contributed by atoms with E-state index in [0.29, 0.717) is 28.1 Å². The highest BCUT2D eigenvalue weighted by Crippen LogP contribution is 2.47. The van der Waals surface area contributed by atoms with Crippen molar-refractivity contribution in [2.45, 2.75) is 20.0 Å². The van der Waals surface area contributed by atoms with Gasteiger partial charge in [-0.3, -0.25) is 0 Å². The first kappa shape index (κ1) is 36.5. The minimum atomic E-state index is -4.65. The van der Waals surface area contributed by atoms with E-state index in [2.05, 4.69) is 119 Å². The molecular weight excluding hydrogens is 750 g/mol. The predicted octanol–water partition coefficient (Wildman–Crippen LogP) is 14.9. The van der Waals surface area contributed by atoms with Crippen molar-refractivity contribution >= 4 is 49.3 Å². The fraction of sp³-hybridized carbons (Fsp3) is 0.0566. The van der Waals surface area contributed by atoms with Gasteiger partial charge in [0.15, 0.2) is 5.69 Å². The van der Waals surface area contributed by atoms with Gasteiger partial charge < -0.3 is 9.13 Å². The third-order valence-corrected chi connectivity index (χ3v) is 11.5. The Morgan fingerprint density at radius 1 is 0.517 bits per heavy atom. The van der Waals surface area contributed by atoms with Crippen LogP contribution in [-0.2, 0) is 6.18 Å². The van der Waals surface area contributed by atoms with Gasteiger partial charge in [-0.1, -0.05) is 120 Å². The number of fused-ring (bicyclic) bond motifs is 6. The number of rotatable bonds is 5. The van der Waals surface area contributed by atoms with Crippen molar-refractivity contribution in [2.75, 3.05) is 0 Å². The molecule has 0 aliphatic rings. The fourth-order valence-corrected chi connectivity index (χ4v) is 8.79. The van der Waals surface area contributed by atoms with Gasteiger partial charge >= 0.3 is 6.18 Å². The van der Waals surface area contributed by atoms with Gasteiger partial charge in [0.2, 0.25) is 0 Å². The van der Waals surface area contributed by atoms with Crippen molar-refractivity contribution in [3.05, 3.63) is 197 Å². The van der Waals surface area contributed by atoms with E-state index < -0.39 is 11.7 Å². The van der Waals surface area contributed by atoms with Crippen LogP contribution < -0.4 is 0 Å². The molecule has 10 rings (SSSR count). The van der Waals surface area contributed by atoms with E-state index >= 15 is 0 Å². The zero-order chi connectivity index (χ0) is 41.3. The Labute approximate surface area is 344 Å². The highest BCUT2D eigenvalue weighted by Gasteiger charge is 2.32. The molecule has 0 aliphatic carbocycles. The van der Waals surface area contributed by atoms with Crippen molar-refractivity contribution < 1.29 is 13.2 Å². The second-order valence-electron chi connectivity index (χ2n) is 15.3. The number of nitriles is 1. The highest BCUT2D eigenvalue weighted by molar-refractivity contribution is 6.13. The fourth-order valence-electron chi connectivity index (χ4n) is 8.79. The number of hydrogen-bond acceptors (Lipinski definition) is 1. The van der Waals surface area contributed by atoms with E-state index in [-0.39, 0.29) is 5.69 Å². The molecule has 0 aliphatic heterocycles. The van der Waals surface area contributed by atoms with Crippen LogP contribution in [0.15, 0.2) is 164 Å². The lowest BCUT2D eigenvalue weighted by molar-refractivity contribution is -0.137. The number of nitrogens with zero attached hydrogens (tertiary/aromatic N) is 4. The molecule has 0 saturated heterocycles. The van der Waals surface area contributed by atoms with Crippen molar-refractivity contribution in [3.63, 3.8) is 0 Å². The number of aryl methyl sites for hydroxylation is 2. The molecule has 0 saturated carbocycles. The average molecular weight is 783 g/mol. The first-order valence-corrected chi connectivity index (χ1v) is 19.5. The van der Waals surface area contributed by atoms with Crippen LogP contribution in [-0.4, -0.2) is 9.13 Å². The standard InChI is InChI=1S/C53H33F3N4/c1-32-10-8-12-35(24-32)37-18-22-48-43(28-37)40-14-4-6-16-46(40)59(48)50-26-34(31-57)27-51(52(50)42-21-20-39(53(54,55)56)30-45(42)58-3)60-47-17-7-5-15-41(47)44-29-38(19-23-49(44)60)36-13-9-11-33(2)25-36/h4-30H,1-2H3. The molecular formula is C53H33F3N4. The van der Waals surface area contributed by atoms with Crippen LogP contribution in [0.5, 0.6) is 0 Å². The van der Waals surface area contributed by atoms with Gasteiger partial charge in [-0.25, -0.2) is 4.85 Å². The molecule has 2 aromatic heterocycles. The summed E-state index contributed by atoms with van der Waals surface area (Å²) in [5, 5.41) is 14.6. The van der Waals surface area contributed by atoms with Gasteiger partial charge in [0.05, 0.1) is 51.6 Å². The molecule has 8 aromatic carbocycles. The third-order valence-electron chi connectivity index (χ3n) is 11.5. The lowest BCUT2D eigenvalue weighted by atomic mass is 9.95. The number of halogens is 3. The third kappa shape index (κ3) is 5.91. The molecule has 0 atom stereocenters. The van der Waals surface area contributed by atoms with Crippen molar-refractivity contribution in [1.29, 1.82) is 5.26 Å². The van der Waals surface area contributed by atoms with E-state index in [0.717, 1.165) is 89.1 Å². The molecule has 7 heteroatoms. The molecule has 286 valence electrons. The van der Waals surface area contributed by atoms with Crippen LogP contribution in [0.2, 0.25) is 0 Å². The number of hydrogen-bond donors (Lipinski definition) is 0. The van der Waals surface area contributed by atoms with E-state index in [4.69, 9.17) is 6.57 Å². The minimum Gasteiger partial charge on any atom is -0.309 e. The zero-order valence-electron chi connectivity index (χ0n) is 32.5. The van der Waals surface area contributed by atoms with Crippen LogP contribution in [0.25, 0.3) is 93.2 Å². The van der Waals surface area contributed by atoms with Gasteiger partial charge in [-0.05, 0) is 96.3 Å². The SMILES string of the molecule is [C-]#[N+]c1cc(C(F)(F)F)ccc1-c1c(-n2c3ccccc3c3cc(-c4cccc(C)c4)ccc32)cc(C#N)cc1-n1c2ccccc2c2cc(-c3cccc(C)c3)ccc21. The monoisotopic (exact) mass is 782 g/mol. The number of aromatic nitrogens is 2. The van der Waals surface area contributed by atoms with Gasteiger partial charge in [-0.15, -0.1) is 0 Å². The first-order valence-electron chi connectivity index (χ1n) is 19.5. The summed E-state index contributed by atoms with van der Waals surface area (Å²) in [5.74, 6) is 0. The molecule has 0 amide bonds. The Bertz CT molecular complexity index is 3300. The molecule has 60 heavy (non-hydrogen) atoms. The van der Waals surface area contributed by atoms with Crippen molar-refractivity contribution in [1.82, 2.24) is 9.13 Å². The van der Waals surface area contributed by atoms with E-state index in [1.54, 1.807) is 12.1 Å². The molecule has 0 N–H and O–H groups in total. The van der Waals surface area contributed by atoms with Crippen molar-refractivity contribution in [2.24, 2.45) is 0 Å². The molecule has 10 aromatic rings. The van der Waals surface area contributed by atoms with Crippen LogP contribution in [0, 0.1) is 31.8 Å². The maximum absolute atomic E-state index is 14.2. The topological polar surface area (TPSA) is 38.0 Å². The summed E-state index contributed by atoms with van der Waals surface area (Å²) in [6.45, 7) is 12.4. The maximum Gasteiger partial charge on any atom is 0.415 e. The van der Waals surface area contributed by atoms with Gasteiger partial charge in [0, 0.05) is 32.7 Å². The minimum absolute atomic E-state index is 0.151. The summed E-state index contributed by atoms with van der Waals surface area (Å²) < 4.78 is 46.9. The lowest BCUT2D eigenvalue weighted by Crippen LogP contribution is -2.07. The smallest absolute Gasteiger partial charge is 0.309 e. The average Bonchev–Trinajstić information content (AvgIpc) is 3.77. The summed E-state index contributed by atoms with van der Waals surface area (Å²) in [6, 6.07) is 54.6. The molecule has 0 fully saturated rings. The van der Waals surface area contributed by atoms with Crippen LogP contribution in [0.4, 0.5) is 18.9 Å². The van der Waals surface area contributed by atoms with Gasteiger partial charge in [0.25, 0.3) is 0 Å². The zero-order valence-corrected chi connectivity index (χ0v) is 32.5. The number of alkyl halides is 3. The molecule has 0 radical (unpaired) electrons. The van der Waals surface area contributed by atoms with Gasteiger partial charge in [-0.2, -0.15) is 18.4 Å².